The van der Waals surface area contributed by atoms with Gasteiger partial charge in [-0.2, -0.15) is 0 Å². The Morgan fingerprint density at radius 2 is 1.81 bits per heavy atom. The van der Waals surface area contributed by atoms with Crippen LogP contribution >= 0.6 is 0 Å². The summed E-state index contributed by atoms with van der Waals surface area (Å²) in [6, 6.07) is 16.7. The molecule has 2 aromatic carbocycles. The lowest BCUT2D eigenvalue weighted by molar-refractivity contribution is -0.115. The SMILES string of the molecule is CN=C(NCC(=O)Nc1ccccc1)NCC(C)Oc1cccc(OC)c1. The monoisotopic (exact) mass is 370 g/mol. The van der Waals surface area contributed by atoms with Crippen molar-refractivity contribution in [2.24, 2.45) is 4.99 Å². The van der Waals surface area contributed by atoms with Crippen LogP contribution in [0.25, 0.3) is 0 Å². The third kappa shape index (κ3) is 7.27. The Kier molecular flexibility index (Phi) is 7.96. The molecule has 2 aromatic rings. The van der Waals surface area contributed by atoms with E-state index < -0.39 is 0 Å². The number of carbonyl (C=O) groups is 1. The second-order valence-electron chi connectivity index (χ2n) is 5.83. The van der Waals surface area contributed by atoms with E-state index in [0.29, 0.717) is 12.5 Å². The van der Waals surface area contributed by atoms with Crippen molar-refractivity contribution in [2.45, 2.75) is 13.0 Å². The van der Waals surface area contributed by atoms with Gasteiger partial charge in [0.1, 0.15) is 17.6 Å². The van der Waals surface area contributed by atoms with Crippen molar-refractivity contribution in [3.8, 4) is 11.5 Å². The van der Waals surface area contributed by atoms with E-state index in [0.717, 1.165) is 17.2 Å². The van der Waals surface area contributed by atoms with Crippen molar-refractivity contribution in [2.75, 3.05) is 32.6 Å². The minimum atomic E-state index is -0.148. The van der Waals surface area contributed by atoms with Gasteiger partial charge in [-0.05, 0) is 31.2 Å². The standard InChI is InChI=1S/C20H26N4O3/c1-15(27-18-11-7-10-17(12-18)26-3)13-22-20(21-2)23-14-19(25)24-16-8-5-4-6-9-16/h4-12,15H,13-14H2,1-3H3,(H,24,25)(H2,21,22,23). The second kappa shape index (κ2) is 10.7. The van der Waals surface area contributed by atoms with Gasteiger partial charge in [0.25, 0.3) is 0 Å². The first-order valence-corrected chi connectivity index (χ1v) is 8.71. The number of carbonyl (C=O) groups excluding carboxylic acids is 1. The van der Waals surface area contributed by atoms with Gasteiger partial charge in [0.05, 0.1) is 20.2 Å². The van der Waals surface area contributed by atoms with E-state index in [-0.39, 0.29) is 18.6 Å². The smallest absolute Gasteiger partial charge is 0.243 e. The van der Waals surface area contributed by atoms with Gasteiger partial charge in [-0.3, -0.25) is 9.79 Å². The maximum Gasteiger partial charge on any atom is 0.243 e. The van der Waals surface area contributed by atoms with Gasteiger partial charge < -0.3 is 25.4 Å². The highest BCUT2D eigenvalue weighted by Crippen LogP contribution is 2.19. The molecule has 0 saturated carbocycles. The Hall–Kier alpha value is -3.22. The van der Waals surface area contributed by atoms with Crippen LogP contribution in [-0.4, -0.2) is 45.2 Å². The Labute approximate surface area is 159 Å². The highest BCUT2D eigenvalue weighted by Gasteiger charge is 2.08. The average Bonchev–Trinajstić information content (AvgIpc) is 2.69. The molecule has 0 spiro atoms. The van der Waals surface area contributed by atoms with E-state index >= 15 is 0 Å². The van der Waals surface area contributed by atoms with Gasteiger partial charge in [0, 0.05) is 18.8 Å². The number of amides is 1. The van der Waals surface area contributed by atoms with E-state index in [1.54, 1.807) is 14.2 Å². The molecule has 27 heavy (non-hydrogen) atoms. The molecule has 7 heteroatoms. The van der Waals surface area contributed by atoms with Gasteiger partial charge in [-0.25, -0.2) is 0 Å². The lowest BCUT2D eigenvalue weighted by Crippen LogP contribution is -2.44. The molecule has 0 fully saturated rings. The summed E-state index contributed by atoms with van der Waals surface area (Å²) in [6.07, 6.45) is -0.103. The van der Waals surface area contributed by atoms with Crippen LogP contribution in [0.15, 0.2) is 59.6 Å². The summed E-state index contributed by atoms with van der Waals surface area (Å²) in [5.74, 6) is 1.85. The van der Waals surface area contributed by atoms with E-state index in [9.17, 15) is 4.79 Å². The first-order valence-electron chi connectivity index (χ1n) is 8.71. The van der Waals surface area contributed by atoms with Crippen LogP contribution in [0, 0.1) is 0 Å². The molecule has 0 bridgehead atoms. The highest BCUT2D eigenvalue weighted by atomic mass is 16.5. The van der Waals surface area contributed by atoms with Crippen LogP contribution in [0.5, 0.6) is 11.5 Å². The number of nitrogens with zero attached hydrogens (tertiary/aromatic N) is 1. The molecule has 0 aliphatic heterocycles. The van der Waals surface area contributed by atoms with E-state index in [1.165, 1.54) is 0 Å². The normalized spacial score (nSPS) is 12.0. The van der Waals surface area contributed by atoms with Crippen LogP contribution in [0.4, 0.5) is 5.69 Å². The number of para-hydroxylation sites is 1. The summed E-state index contributed by atoms with van der Waals surface area (Å²) in [4.78, 5) is 16.1. The lowest BCUT2D eigenvalue weighted by Gasteiger charge is -2.18. The lowest BCUT2D eigenvalue weighted by atomic mass is 10.3. The number of anilines is 1. The van der Waals surface area contributed by atoms with Gasteiger partial charge in [0.2, 0.25) is 5.91 Å². The maximum absolute atomic E-state index is 12.0. The molecule has 144 valence electrons. The number of methoxy groups -OCH3 is 1. The first kappa shape index (κ1) is 20.1. The van der Waals surface area contributed by atoms with E-state index in [4.69, 9.17) is 9.47 Å². The van der Waals surface area contributed by atoms with Gasteiger partial charge >= 0.3 is 0 Å². The summed E-state index contributed by atoms with van der Waals surface area (Å²) in [6.45, 7) is 2.58. The van der Waals surface area contributed by atoms with Crippen LogP contribution in [0.2, 0.25) is 0 Å². The molecular formula is C20H26N4O3. The number of rotatable bonds is 8. The number of hydrogen-bond acceptors (Lipinski definition) is 4. The molecule has 1 amide bonds. The molecule has 1 atom stereocenters. The molecule has 3 N–H and O–H groups in total. The number of aliphatic imine (C=N–C) groups is 1. The van der Waals surface area contributed by atoms with Crippen molar-refractivity contribution in [3.05, 3.63) is 54.6 Å². The fraction of sp³-hybridized carbons (Fsp3) is 0.300. The molecule has 0 aliphatic carbocycles. The van der Waals surface area contributed by atoms with Gasteiger partial charge in [0.15, 0.2) is 5.96 Å². The summed E-state index contributed by atoms with van der Waals surface area (Å²) >= 11 is 0. The molecule has 0 aliphatic rings. The Balaban J connectivity index is 1.73. The van der Waals surface area contributed by atoms with Crippen molar-refractivity contribution < 1.29 is 14.3 Å². The molecule has 1 unspecified atom stereocenters. The molecule has 0 heterocycles. The van der Waals surface area contributed by atoms with E-state index in [1.807, 2.05) is 61.5 Å². The highest BCUT2D eigenvalue weighted by molar-refractivity contribution is 5.94. The van der Waals surface area contributed by atoms with Crippen LogP contribution < -0.4 is 25.4 Å². The molecule has 0 radical (unpaired) electrons. The van der Waals surface area contributed by atoms with Crippen LogP contribution in [0.3, 0.4) is 0 Å². The zero-order chi connectivity index (χ0) is 19.5. The zero-order valence-electron chi connectivity index (χ0n) is 15.9. The Bertz CT molecular complexity index is 750. The minimum Gasteiger partial charge on any atom is -0.497 e. The topological polar surface area (TPSA) is 84.0 Å². The zero-order valence-corrected chi connectivity index (χ0v) is 15.9. The third-order valence-corrected chi connectivity index (χ3v) is 3.63. The number of nitrogens with one attached hydrogen (secondary N) is 3. The van der Waals surface area contributed by atoms with Crippen molar-refractivity contribution in [1.29, 1.82) is 0 Å². The number of benzene rings is 2. The fourth-order valence-electron chi connectivity index (χ4n) is 2.30. The number of guanidine groups is 1. The van der Waals surface area contributed by atoms with Crippen molar-refractivity contribution in [3.63, 3.8) is 0 Å². The number of ether oxygens (including phenoxy) is 2. The third-order valence-electron chi connectivity index (χ3n) is 3.63. The minimum absolute atomic E-state index is 0.103. The predicted molar refractivity (Wildman–Crippen MR) is 108 cm³/mol. The summed E-state index contributed by atoms with van der Waals surface area (Å²) in [5, 5.41) is 8.93. The summed E-state index contributed by atoms with van der Waals surface area (Å²) in [7, 11) is 3.27. The van der Waals surface area contributed by atoms with Crippen molar-refractivity contribution in [1.82, 2.24) is 10.6 Å². The molecule has 7 nitrogen and oxygen atoms in total. The van der Waals surface area contributed by atoms with Crippen LogP contribution in [0.1, 0.15) is 6.92 Å². The summed E-state index contributed by atoms with van der Waals surface area (Å²) in [5.41, 5.74) is 0.757. The Morgan fingerprint density at radius 3 is 2.52 bits per heavy atom. The predicted octanol–water partition coefficient (Wildman–Crippen LogP) is 2.27. The molecule has 2 rings (SSSR count). The molecule has 0 aromatic heterocycles. The summed E-state index contributed by atoms with van der Waals surface area (Å²) < 4.78 is 11.0. The Morgan fingerprint density at radius 1 is 1.07 bits per heavy atom. The molecule has 0 saturated heterocycles. The average molecular weight is 370 g/mol. The van der Waals surface area contributed by atoms with Crippen LogP contribution in [-0.2, 0) is 4.79 Å². The quantitative estimate of drug-likeness (QED) is 0.490. The largest absolute Gasteiger partial charge is 0.497 e. The van der Waals surface area contributed by atoms with Gasteiger partial charge in [-0.15, -0.1) is 0 Å². The first-order chi connectivity index (χ1) is 13.1. The number of hydrogen-bond donors (Lipinski definition) is 3. The maximum atomic E-state index is 12.0. The fourth-order valence-corrected chi connectivity index (χ4v) is 2.30. The van der Waals surface area contributed by atoms with E-state index in [2.05, 4.69) is 20.9 Å². The molecular weight excluding hydrogens is 344 g/mol. The van der Waals surface area contributed by atoms with Gasteiger partial charge in [-0.1, -0.05) is 24.3 Å². The second-order valence-corrected chi connectivity index (χ2v) is 5.83. The van der Waals surface area contributed by atoms with Crippen molar-refractivity contribution >= 4 is 17.6 Å².